The lowest BCUT2D eigenvalue weighted by Gasteiger charge is -2.14. The van der Waals surface area contributed by atoms with E-state index in [9.17, 15) is 0 Å². The van der Waals surface area contributed by atoms with Crippen molar-refractivity contribution in [1.29, 1.82) is 0 Å². The molecular formula is C46H30N6S. The quantitative estimate of drug-likeness (QED) is 0.162. The Morgan fingerprint density at radius 3 is 2.06 bits per heavy atom. The van der Waals surface area contributed by atoms with Crippen molar-refractivity contribution in [2.24, 2.45) is 0 Å². The summed E-state index contributed by atoms with van der Waals surface area (Å²) in [6, 6.07) is 52.9. The van der Waals surface area contributed by atoms with Crippen LogP contribution in [0.2, 0.25) is 0 Å². The van der Waals surface area contributed by atoms with Gasteiger partial charge in [0.2, 0.25) is 0 Å². The van der Waals surface area contributed by atoms with Crippen molar-refractivity contribution in [3.63, 3.8) is 0 Å². The van der Waals surface area contributed by atoms with E-state index in [-0.39, 0.29) is 0 Å². The van der Waals surface area contributed by atoms with Crippen molar-refractivity contribution in [1.82, 2.24) is 29.7 Å². The van der Waals surface area contributed by atoms with Gasteiger partial charge in [0.1, 0.15) is 5.01 Å². The highest BCUT2D eigenvalue weighted by molar-refractivity contribution is 7.21. The Balaban J connectivity index is 1.18. The van der Waals surface area contributed by atoms with E-state index >= 15 is 0 Å². The minimum absolute atomic E-state index is 0.773. The van der Waals surface area contributed by atoms with Crippen LogP contribution in [0.4, 0.5) is 0 Å². The zero-order chi connectivity index (χ0) is 35.3. The maximum atomic E-state index is 5.09. The minimum atomic E-state index is 0.773. The summed E-state index contributed by atoms with van der Waals surface area (Å²) in [5.74, 6) is 1.57. The Labute approximate surface area is 309 Å². The Morgan fingerprint density at radius 2 is 1.21 bits per heavy atom. The summed E-state index contributed by atoms with van der Waals surface area (Å²) in [4.78, 5) is 14.6. The van der Waals surface area contributed by atoms with Gasteiger partial charge in [-0.2, -0.15) is 0 Å². The number of aromatic nitrogens is 6. The molecule has 0 aliphatic carbocycles. The van der Waals surface area contributed by atoms with E-state index in [1.165, 1.54) is 5.56 Å². The summed E-state index contributed by atoms with van der Waals surface area (Å²) >= 11 is 1.71. The second kappa shape index (κ2) is 12.7. The Bertz CT molecular complexity index is 2930. The molecule has 0 amide bonds. The summed E-state index contributed by atoms with van der Waals surface area (Å²) in [5.41, 5.74) is 12.3. The van der Waals surface area contributed by atoms with Gasteiger partial charge in [-0.05, 0) is 95.9 Å². The van der Waals surface area contributed by atoms with E-state index in [0.717, 1.165) is 93.3 Å². The number of fused-ring (bicyclic) bond motifs is 4. The minimum Gasteiger partial charge on any atom is -0.275 e. The van der Waals surface area contributed by atoms with Crippen molar-refractivity contribution >= 4 is 43.4 Å². The molecule has 0 radical (unpaired) electrons. The largest absolute Gasteiger partial charge is 0.275 e. The van der Waals surface area contributed by atoms with Gasteiger partial charge in [-0.1, -0.05) is 90.5 Å². The van der Waals surface area contributed by atoms with Crippen LogP contribution in [0.25, 0.3) is 93.3 Å². The standard InChI is InChI=1S/C46H30N6S/c1-29-18-20-30(21-19-29)44-50-51-45(52(44)37-13-3-2-4-14-37)33-11-7-10-31(24-33)34-25-35(27-36(26-34)46-49-40-16-5-6-17-41(40)53-46)39-28-32-12-8-22-47-42(32)43-38(39)15-9-23-48-43/h2-28H,1H3. The third kappa shape index (κ3) is 5.55. The average molecular weight is 699 g/mol. The van der Waals surface area contributed by atoms with E-state index in [2.05, 4.69) is 127 Å². The molecule has 0 spiro atoms. The molecule has 0 unspecified atom stereocenters. The molecule has 0 atom stereocenters. The number of pyridine rings is 2. The Kier molecular flexibility index (Phi) is 7.44. The molecule has 0 aliphatic rings. The third-order valence-corrected chi connectivity index (χ3v) is 10.8. The van der Waals surface area contributed by atoms with E-state index in [1.807, 2.05) is 48.8 Å². The number of rotatable bonds is 6. The van der Waals surface area contributed by atoms with Crippen LogP contribution >= 0.6 is 11.3 Å². The summed E-state index contributed by atoms with van der Waals surface area (Å²) < 4.78 is 3.31. The molecular weight excluding hydrogens is 669 g/mol. The van der Waals surface area contributed by atoms with Crippen LogP contribution in [-0.2, 0) is 0 Å². The van der Waals surface area contributed by atoms with Gasteiger partial charge in [0.15, 0.2) is 11.6 Å². The first kappa shape index (κ1) is 30.9. The van der Waals surface area contributed by atoms with Gasteiger partial charge in [-0.25, -0.2) is 4.98 Å². The number of thiazole rings is 1. The van der Waals surface area contributed by atoms with E-state index in [1.54, 1.807) is 11.3 Å². The molecule has 10 aromatic rings. The van der Waals surface area contributed by atoms with Gasteiger partial charge in [-0.15, -0.1) is 21.5 Å². The Hall–Kier alpha value is -6.83. The summed E-state index contributed by atoms with van der Waals surface area (Å²) in [7, 11) is 0. The molecule has 6 aromatic carbocycles. The molecule has 250 valence electrons. The lowest BCUT2D eigenvalue weighted by Crippen LogP contribution is -2.00. The second-order valence-corrected chi connectivity index (χ2v) is 14.2. The topological polar surface area (TPSA) is 69.4 Å². The highest BCUT2D eigenvalue weighted by atomic mass is 32.1. The number of nitrogens with zero attached hydrogens (tertiary/aromatic N) is 6. The predicted molar refractivity (Wildman–Crippen MR) is 217 cm³/mol. The number of hydrogen-bond acceptors (Lipinski definition) is 6. The van der Waals surface area contributed by atoms with Crippen molar-refractivity contribution in [3.05, 3.63) is 170 Å². The van der Waals surface area contributed by atoms with Crippen LogP contribution in [0.1, 0.15) is 5.56 Å². The van der Waals surface area contributed by atoms with Crippen LogP contribution in [-0.4, -0.2) is 29.7 Å². The summed E-state index contributed by atoms with van der Waals surface area (Å²) in [6.45, 7) is 2.09. The Morgan fingerprint density at radius 1 is 0.509 bits per heavy atom. The highest BCUT2D eigenvalue weighted by Gasteiger charge is 2.19. The van der Waals surface area contributed by atoms with Gasteiger partial charge >= 0.3 is 0 Å². The summed E-state index contributed by atoms with van der Waals surface area (Å²) in [6.07, 6.45) is 3.67. The second-order valence-electron chi connectivity index (χ2n) is 13.1. The lowest BCUT2D eigenvalue weighted by atomic mass is 9.92. The van der Waals surface area contributed by atoms with Crippen molar-refractivity contribution in [3.8, 4) is 61.3 Å². The first-order chi connectivity index (χ1) is 26.2. The molecule has 0 N–H and O–H groups in total. The lowest BCUT2D eigenvalue weighted by molar-refractivity contribution is 1.07. The molecule has 0 aliphatic heterocycles. The maximum Gasteiger partial charge on any atom is 0.168 e. The highest BCUT2D eigenvalue weighted by Crippen LogP contribution is 2.40. The molecule has 6 nitrogen and oxygen atoms in total. The first-order valence-electron chi connectivity index (χ1n) is 17.5. The van der Waals surface area contributed by atoms with Crippen LogP contribution in [0.15, 0.2) is 164 Å². The van der Waals surface area contributed by atoms with Gasteiger partial charge in [-0.3, -0.25) is 14.5 Å². The molecule has 0 bridgehead atoms. The van der Waals surface area contributed by atoms with Crippen molar-refractivity contribution in [2.75, 3.05) is 0 Å². The van der Waals surface area contributed by atoms with Gasteiger partial charge in [0.05, 0.1) is 21.3 Å². The molecule has 7 heteroatoms. The van der Waals surface area contributed by atoms with E-state index in [0.29, 0.717) is 0 Å². The fourth-order valence-corrected chi connectivity index (χ4v) is 8.06. The van der Waals surface area contributed by atoms with E-state index in [4.69, 9.17) is 25.1 Å². The van der Waals surface area contributed by atoms with Crippen molar-refractivity contribution in [2.45, 2.75) is 6.92 Å². The molecule has 10 rings (SSSR count). The smallest absolute Gasteiger partial charge is 0.168 e. The van der Waals surface area contributed by atoms with Crippen LogP contribution in [0, 0.1) is 6.92 Å². The number of hydrogen-bond donors (Lipinski definition) is 0. The number of benzene rings is 6. The molecule has 0 saturated carbocycles. The molecule has 4 aromatic heterocycles. The zero-order valence-electron chi connectivity index (χ0n) is 28.7. The van der Waals surface area contributed by atoms with Crippen LogP contribution in [0.5, 0.6) is 0 Å². The maximum absolute atomic E-state index is 5.09. The van der Waals surface area contributed by atoms with Crippen LogP contribution in [0.3, 0.4) is 0 Å². The van der Waals surface area contributed by atoms with Crippen molar-refractivity contribution < 1.29 is 0 Å². The zero-order valence-corrected chi connectivity index (χ0v) is 29.5. The first-order valence-corrected chi connectivity index (χ1v) is 18.3. The number of aryl methyl sites for hydroxylation is 1. The molecule has 53 heavy (non-hydrogen) atoms. The van der Waals surface area contributed by atoms with Gasteiger partial charge in [0, 0.05) is 45.5 Å². The number of para-hydroxylation sites is 2. The van der Waals surface area contributed by atoms with Gasteiger partial charge < -0.3 is 0 Å². The molecule has 4 heterocycles. The summed E-state index contributed by atoms with van der Waals surface area (Å²) in [5, 5.41) is 12.6. The SMILES string of the molecule is Cc1ccc(-c2nnc(-c3cccc(-c4cc(-c5nc6ccccc6s5)cc(-c5cc6cccnc6c6ncccc56)c4)c3)n2-c2ccccc2)cc1. The fourth-order valence-electron chi connectivity index (χ4n) is 7.10. The molecule has 0 saturated heterocycles. The molecule has 0 fully saturated rings. The van der Waals surface area contributed by atoms with Crippen LogP contribution < -0.4 is 0 Å². The predicted octanol–water partition coefficient (Wildman–Crippen LogP) is 11.6. The monoisotopic (exact) mass is 698 g/mol. The fraction of sp³-hybridized carbons (Fsp3) is 0.0217. The van der Waals surface area contributed by atoms with E-state index < -0.39 is 0 Å². The normalized spacial score (nSPS) is 11.5. The average Bonchev–Trinajstić information content (AvgIpc) is 3.87. The van der Waals surface area contributed by atoms with Gasteiger partial charge in [0.25, 0.3) is 0 Å². The third-order valence-electron chi connectivity index (χ3n) is 9.69.